The molecule has 6 heteroatoms. The molecule has 0 atom stereocenters. The Hall–Kier alpha value is -3.80. The molecule has 5 aromatic rings. The Morgan fingerprint density at radius 3 is 1.62 bits per heavy atom. The summed E-state index contributed by atoms with van der Waals surface area (Å²) >= 11 is 0. The number of hydrogen-bond donors (Lipinski definition) is 0. The standard InChI is InChI=1S/C26H12F6/c27-18-8-4-7-15-23(13-5-2-1-3-6-13)16-11-19(28)20(29)12-17(16)24(25(15)18)14-9-21(30)26(32)22(31)10-14/h1-12H. The molecule has 0 saturated heterocycles. The molecule has 0 saturated carbocycles. The van der Waals surface area contributed by atoms with Gasteiger partial charge in [0.2, 0.25) is 0 Å². The van der Waals surface area contributed by atoms with Gasteiger partial charge in [-0.1, -0.05) is 42.5 Å². The van der Waals surface area contributed by atoms with Gasteiger partial charge in [0.1, 0.15) is 5.82 Å². The maximum Gasteiger partial charge on any atom is 0.194 e. The van der Waals surface area contributed by atoms with Crippen molar-refractivity contribution in [1.29, 1.82) is 0 Å². The Balaban J connectivity index is 2.07. The molecule has 0 aliphatic heterocycles. The van der Waals surface area contributed by atoms with Gasteiger partial charge in [0.25, 0.3) is 0 Å². The SMILES string of the molecule is Fc1cc2c(-c3ccccc3)c3cccc(F)c3c(-c3cc(F)c(F)c(F)c3)c2cc1F. The zero-order chi connectivity index (χ0) is 22.6. The van der Waals surface area contributed by atoms with E-state index in [0.717, 1.165) is 18.2 Å². The number of fused-ring (bicyclic) bond motifs is 2. The van der Waals surface area contributed by atoms with Crippen molar-refractivity contribution in [2.24, 2.45) is 0 Å². The molecule has 0 heterocycles. The van der Waals surface area contributed by atoms with Crippen LogP contribution in [0, 0.1) is 34.9 Å². The minimum atomic E-state index is -1.68. The van der Waals surface area contributed by atoms with Gasteiger partial charge >= 0.3 is 0 Å². The number of halogens is 6. The van der Waals surface area contributed by atoms with Crippen LogP contribution in [0.15, 0.2) is 72.8 Å². The van der Waals surface area contributed by atoms with Gasteiger partial charge in [0, 0.05) is 10.9 Å². The zero-order valence-electron chi connectivity index (χ0n) is 16.2. The van der Waals surface area contributed by atoms with E-state index >= 15 is 4.39 Å². The van der Waals surface area contributed by atoms with Gasteiger partial charge in [-0.05, 0) is 63.2 Å². The summed E-state index contributed by atoms with van der Waals surface area (Å²) in [5.74, 6) is -7.71. The Labute approximate surface area is 178 Å². The van der Waals surface area contributed by atoms with Crippen LogP contribution in [0.4, 0.5) is 26.3 Å². The van der Waals surface area contributed by atoms with Crippen LogP contribution in [-0.2, 0) is 0 Å². The summed E-state index contributed by atoms with van der Waals surface area (Å²) in [6.45, 7) is 0. The third-order valence-electron chi connectivity index (χ3n) is 5.47. The van der Waals surface area contributed by atoms with Gasteiger partial charge in [-0.25, -0.2) is 26.3 Å². The van der Waals surface area contributed by atoms with Gasteiger partial charge in [-0.15, -0.1) is 0 Å². The fourth-order valence-corrected chi connectivity index (χ4v) is 4.14. The van der Waals surface area contributed by atoms with E-state index < -0.39 is 34.9 Å². The van der Waals surface area contributed by atoms with Crippen LogP contribution < -0.4 is 0 Å². The third-order valence-corrected chi connectivity index (χ3v) is 5.47. The second-order valence-electron chi connectivity index (χ2n) is 7.34. The van der Waals surface area contributed by atoms with E-state index in [4.69, 9.17) is 0 Å². The molecule has 0 aromatic heterocycles. The minimum absolute atomic E-state index is 0.0331. The predicted octanol–water partition coefficient (Wildman–Crippen LogP) is 8.16. The summed E-state index contributed by atoms with van der Waals surface area (Å²) in [6, 6.07) is 16.2. The molecule has 0 N–H and O–H groups in total. The lowest BCUT2D eigenvalue weighted by molar-refractivity contribution is 0.448. The van der Waals surface area contributed by atoms with Gasteiger partial charge in [0.05, 0.1) is 0 Å². The summed E-state index contributed by atoms with van der Waals surface area (Å²) in [7, 11) is 0. The summed E-state index contributed by atoms with van der Waals surface area (Å²) < 4.78 is 85.6. The van der Waals surface area contributed by atoms with Crippen molar-refractivity contribution >= 4 is 21.5 Å². The molecule has 0 spiro atoms. The van der Waals surface area contributed by atoms with Crippen molar-refractivity contribution in [1.82, 2.24) is 0 Å². The van der Waals surface area contributed by atoms with Crippen molar-refractivity contribution < 1.29 is 26.3 Å². The minimum Gasteiger partial charge on any atom is -0.206 e. The van der Waals surface area contributed by atoms with Gasteiger partial charge < -0.3 is 0 Å². The number of hydrogen-bond acceptors (Lipinski definition) is 0. The smallest absolute Gasteiger partial charge is 0.194 e. The molecule has 0 aliphatic carbocycles. The molecule has 32 heavy (non-hydrogen) atoms. The van der Waals surface area contributed by atoms with Gasteiger partial charge in [0.15, 0.2) is 29.1 Å². The normalized spacial score (nSPS) is 11.4. The molecule has 0 aliphatic rings. The van der Waals surface area contributed by atoms with Gasteiger partial charge in [-0.2, -0.15) is 0 Å². The lowest BCUT2D eigenvalue weighted by Gasteiger charge is -2.18. The maximum atomic E-state index is 15.2. The second kappa shape index (κ2) is 7.41. The van der Waals surface area contributed by atoms with Crippen molar-refractivity contribution in [3.63, 3.8) is 0 Å². The Morgan fingerprint density at radius 2 is 1.00 bits per heavy atom. The van der Waals surface area contributed by atoms with E-state index in [1.807, 2.05) is 0 Å². The van der Waals surface area contributed by atoms with Crippen molar-refractivity contribution in [3.8, 4) is 22.3 Å². The van der Waals surface area contributed by atoms with Crippen LogP contribution in [0.1, 0.15) is 0 Å². The summed E-state index contributed by atoms with van der Waals surface area (Å²) in [5, 5.41) is 0.532. The Bertz CT molecular complexity index is 1500. The Kier molecular flexibility index (Phi) is 4.66. The highest BCUT2D eigenvalue weighted by molar-refractivity contribution is 6.21. The van der Waals surface area contributed by atoms with E-state index in [0.29, 0.717) is 28.6 Å². The molecular weight excluding hydrogens is 426 g/mol. The molecule has 0 fully saturated rings. The second-order valence-corrected chi connectivity index (χ2v) is 7.34. The summed E-state index contributed by atoms with van der Waals surface area (Å²) in [4.78, 5) is 0. The maximum absolute atomic E-state index is 15.2. The highest BCUT2D eigenvalue weighted by atomic mass is 19.2. The average Bonchev–Trinajstić information content (AvgIpc) is 2.77. The topological polar surface area (TPSA) is 0 Å². The fraction of sp³-hybridized carbons (Fsp3) is 0. The largest absolute Gasteiger partial charge is 0.206 e. The summed E-state index contributed by atoms with van der Waals surface area (Å²) in [5.41, 5.74) is 0.777. The van der Waals surface area contributed by atoms with Crippen LogP contribution in [0.3, 0.4) is 0 Å². The highest BCUT2D eigenvalue weighted by Gasteiger charge is 2.22. The lowest BCUT2D eigenvalue weighted by Crippen LogP contribution is -1.97. The third kappa shape index (κ3) is 3.02. The molecule has 0 radical (unpaired) electrons. The molecular formula is C26H12F6. The number of benzene rings is 5. The van der Waals surface area contributed by atoms with Crippen LogP contribution in [0.2, 0.25) is 0 Å². The lowest BCUT2D eigenvalue weighted by atomic mass is 9.85. The van der Waals surface area contributed by atoms with Crippen LogP contribution in [-0.4, -0.2) is 0 Å². The Morgan fingerprint density at radius 1 is 0.406 bits per heavy atom. The molecule has 0 nitrogen and oxygen atoms in total. The molecule has 158 valence electrons. The first-order valence-corrected chi connectivity index (χ1v) is 9.60. The van der Waals surface area contributed by atoms with Crippen molar-refractivity contribution in [3.05, 3.63) is 108 Å². The first kappa shape index (κ1) is 20.1. The van der Waals surface area contributed by atoms with E-state index in [2.05, 4.69) is 0 Å². The molecule has 5 aromatic carbocycles. The van der Waals surface area contributed by atoms with Crippen LogP contribution >= 0.6 is 0 Å². The van der Waals surface area contributed by atoms with E-state index in [-0.39, 0.29) is 27.3 Å². The molecule has 0 bridgehead atoms. The van der Waals surface area contributed by atoms with Crippen LogP contribution in [0.5, 0.6) is 0 Å². The fourth-order valence-electron chi connectivity index (χ4n) is 4.14. The van der Waals surface area contributed by atoms with E-state index in [1.54, 1.807) is 36.4 Å². The molecule has 0 unspecified atom stereocenters. The van der Waals surface area contributed by atoms with Gasteiger partial charge in [-0.3, -0.25) is 0 Å². The number of rotatable bonds is 2. The first-order valence-electron chi connectivity index (χ1n) is 9.60. The predicted molar refractivity (Wildman–Crippen MR) is 112 cm³/mol. The van der Waals surface area contributed by atoms with Crippen molar-refractivity contribution in [2.45, 2.75) is 0 Å². The monoisotopic (exact) mass is 438 g/mol. The summed E-state index contributed by atoms with van der Waals surface area (Å²) in [6.07, 6.45) is 0. The molecule has 0 amide bonds. The highest BCUT2D eigenvalue weighted by Crippen LogP contribution is 2.45. The molecule has 5 rings (SSSR count). The quantitative estimate of drug-likeness (QED) is 0.148. The van der Waals surface area contributed by atoms with Crippen LogP contribution in [0.25, 0.3) is 43.8 Å². The van der Waals surface area contributed by atoms with E-state index in [1.165, 1.54) is 6.07 Å². The zero-order valence-corrected chi connectivity index (χ0v) is 16.2. The van der Waals surface area contributed by atoms with Crippen molar-refractivity contribution in [2.75, 3.05) is 0 Å². The first-order chi connectivity index (χ1) is 15.4. The average molecular weight is 438 g/mol. The van der Waals surface area contributed by atoms with E-state index in [9.17, 15) is 22.0 Å².